The molecule has 2 heterocycles. The lowest BCUT2D eigenvalue weighted by molar-refractivity contribution is -0.141. The number of carbonyl (C=O) groups excluding carboxylic acids is 2. The van der Waals surface area contributed by atoms with E-state index >= 15 is 0 Å². The molecule has 1 aliphatic heterocycles. The summed E-state index contributed by atoms with van der Waals surface area (Å²) in [6, 6.07) is 9.20. The number of halogens is 1. The van der Waals surface area contributed by atoms with Crippen molar-refractivity contribution in [3.8, 4) is 0 Å². The Morgan fingerprint density at radius 3 is 2.80 bits per heavy atom. The first-order valence-corrected chi connectivity index (χ1v) is 8.21. The Labute approximate surface area is 145 Å². The quantitative estimate of drug-likeness (QED) is 0.865. The molecule has 7 heteroatoms. The smallest absolute Gasteiger partial charge is 0.325 e. The van der Waals surface area contributed by atoms with Crippen LogP contribution in [0.25, 0.3) is 0 Å². The molecule has 1 aromatic heterocycles. The van der Waals surface area contributed by atoms with E-state index in [9.17, 15) is 14.0 Å². The van der Waals surface area contributed by atoms with Gasteiger partial charge >= 0.3 is 12.0 Å². The summed E-state index contributed by atoms with van der Waals surface area (Å²) in [4.78, 5) is 25.6. The average molecular weight is 345 g/mol. The van der Waals surface area contributed by atoms with E-state index in [0.717, 1.165) is 5.69 Å². The van der Waals surface area contributed by atoms with E-state index in [0.29, 0.717) is 18.7 Å². The molecule has 1 aliphatic rings. The fourth-order valence-corrected chi connectivity index (χ4v) is 3.09. The van der Waals surface area contributed by atoms with Gasteiger partial charge in [0.1, 0.15) is 18.4 Å². The molecule has 25 heavy (non-hydrogen) atoms. The van der Waals surface area contributed by atoms with Crippen LogP contribution in [0.3, 0.4) is 0 Å². The lowest BCUT2D eigenvalue weighted by Gasteiger charge is -2.37. The highest BCUT2D eigenvalue weighted by Gasteiger charge is 2.33. The molecule has 1 unspecified atom stereocenters. The second kappa shape index (κ2) is 7.38. The zero-order valence-electron chi connectivity index (χ0n) is 13.9. The minimum atomic E-state index is -0.549. The molecule has 1 atom stereocenters. The van der Waals surface area contributed by atoms with Crippen molar-refractivity contribution in [2.45, 2.75) is 19.5 Å². The normalized spacial score (nSPS) is 16.2. The van der Waals surface area contributed by atoms with Gasteiger partial charge in [-0.3, -0.25) is 4.79 Å². The fraction of sp³-hybridized carbons (Fsp3) is 0.333. The molecule has 0 aliphatic carbocycles. The first-order valence-electron chi connectivity index (χ1n) is 8.21. The van der Waals surface area contributed by atoms with Crippen molar-refractivity contribution in [1.29, 1.82) is 0 Å². The highest BCUT2D eigenvalue weighted by Crippen LogP contribution is 2.33. The zero-order valence-corrected chi connectivity index (χ0v) is 13.9. The van der Waals surface area contributed by atoms with Crippen LogP contribution in [0.1, 0.15) is 24.2 Å². The number of nitrogens with zero attached hydrogens (tertiary/aromatic N) is 2. The van der Waals surface area contributed by atoms with Crippen molar-refractivity contribution < 1.29 is 18.7 Å². The van der Waals surface area contributed by atoms with Crippen molar-refractivity contribution in [2.75, 3.05) is 19.7 Å². The molecule has 1 N–H and O–H groups in total. The number of esters is 1. The van der Waals surface area contributed by atoms with Gasteiger partial charge in [-0.05, 0) is 25.1 Å². The standard InChI is InChI=1S/C18H20FN3O3/c1-2-25-16(23)12-20-18(24)22-11-10-21-9-5-8-15(21)17(22)13-6-3-4-7-14(13)19/h3-9,17H,2,10-12H2,1H3,(H,20,24). The second-order valence-electron chi connectivity index (χ2n) is 5.71. The Balaban J connectivity index is 1.86. The summed E-state index contributed by atoms with van der Waals surface area (Å²) < 4.78 is 21.2. The number of aromatic nitrogens is 1. The van der Waals surface area contributed by atoms with E-state index in [1.54, 1.807) is 30.0 Å². The van der Waals surface area contributed by atoms with Gasteiger partial charge in [0.2, 0.25) is 0 Å². The van der Waals surface area contributed by atoms with Crippen LogP contribution in [0.2, 0.25) is 0 Å². The molecular formula is C18H20FN3O3. The van der Waals surface area contributed by atoms with Gasteiger partial charge in [-0.2, -0.15) is 0 Å². The monoisotopic (exact) mass is 345 g/mol. The number of hydrogen-bond acceptors (Lipinski definition) is 3. The number of fused-ring (bicyclic) bond motifs is 1. The molecule has 6 nitrogen and oxygen atoms in total. The van der Waals surface area contributed by atoms with E-state index < -0.39 is 18.0 Å². The number of amides is 2. The Hall–Kier alpha value is -2.83. The molecular weight excluding hydrogens is 325 g/mol. The number of ether oxygens (including phenoxy) is 1. The van der Waals surface area contributed by atoms with Gasteiger partial charge < -0.3 is 19.5 Å². The molecule has 0 spiro atoms. The SMILES string of the molecule is CCOC(=O)CNC(=O)N1CCn2cccc2C1c1ccccc1F. The topological polar surface area (TPSA) is 63.6 Å². The predicted octanol–water partition coefficient (Wildman–Crippen LogP) is 2.30. The van der Waals surface area contributed by atoms with Gasteiger partial charge in [0.05, 0.1) is 6.61 Å². The van der Waals surface area contributed by atoms with Gasteiger partial charge in [0.25, 0.3) is 0 Å². The van der Waals surface area contributed by atoms with E-state index in [-0.39, 0.29) is 19.0 Å². The van der Waals surface area contributed by atoms with Crippen molar-refractivity contribution in [1.82, 2.24) is 14.8 Å². The van der Waals surface area contributed by atoms with Crippen LogP contribution in [0.4, 0.5) is 9.18 Å². The van der Waals surface area contributed by atoms with E-state index in [1.165, 1.54) is 6.07 Å². The third-order valence-electron chi connectivity index (χ3n) is 4.19. The lowest BCUT2D eigenvalue weighted by atomic mass is 9.99. The van der Waals surface area contributed by atoms with Crippen molar-refractivity contribution >= 4 is 12.0 Å². The maximum atomic E-state index is 14.4. The van der Waals surface area contributed by atoms with Gasteiger partial charge in [0.15, 0.2) is 0 Å². The van der Waals surface area contributed by atoms with Gasteiger partial charge in [0, 0.05) is 30.5 Å². The minimum Gasteiger partial charge on any atom is -0.465 e. The summed E-state index contributed by atoms with van der Waals surface area (Å²) in [6.45, 7) is 2.76. The third kappa shape index (κ3) is 3.50. The van der Waals surface area contributed by atoms with Gasteiger partial charge in [-0.15, -0.1) is 0 Å². The number of nitrogens with one attached hydrogen (secondary N) is 1. The van der Waals surface area contributed by atoms with E-state index in [2.05, 4.69) is 5.32 Å². The molecule has 2 aromatic rings. The maximum Gasteiger partial charge on any atom is 0.325 e. The first-order chi connectivity index (χ1) is 12.1. The Bertz CT molecular complexity index is 774. The molecule has 132 valence electrons. The summed E-state index contributed by atoms with van der Waals surface area (Å²) in [5.74, 6) is -0.871. The Morgan fingerprint density at radius 1 is 1.24 bits per heavy atom. The summed E-state index contributed by atoms with van der Waals surface area (Å²) in [6.07, 6.45) is 1.91. The molecule has 0 bridgehead atoms. The Morgan fingerprint density at radius 2 is 2.04 bits per heavy atom. The molecule has 3 rings (SSSR count). The van der Waals surface area contributed by atoms with E-state index in [4.69, 9.17) is 4.74 Å². The second-order valence-corrected chi connectivity index (χ2v) is 5.71. The lowest BCUT2D eigenvalue weighted by Crippen LogP contribution is -2.48. The average Bonchev–Trinajstić information content (AvgIpc) is 3.08. The summed E-state index contributed by atoms with van der Waals surface area (Å²) >= 11 is 0. The van der Waals surface area contributed by atoms with Crippen molar-refractivity contribution in [3.05, 3.63) is 59.7 Å². The summed E-state index contributed by atoms with van der Waals surface area (Å²) in [5, 5.41) is 2.56. The third-order valence-corrected chi connectivity index (χ3v) is 4.19. The van der Waals surface area contributed by atoms with Crippen LogP contribution in [-0.4, -0.2) is 41.2 Å². The zero-order chi connectivity index (χ0) is 17.8. The largest absolute Gasteiger partial charge is 0.465 e. The number of benzene rings is 1. The number of carbonyl (C=O) groups is 2. The molecule has 2 amide bonds. The molecule has 0 radical (unpaired) electrons. The van der Waals surface area contributed by atoms with Crippen molar-refractivity contribution in [2.24, 2.45) is 0 Å². The molecule has 1 aromatic carbocycles. The minimum absolute atomic E-state index is 0.214. The summed E-state index contributed by atoms with van der Waals surface area (Å²) in [7, 11) is 0. The molecule has 0 saturated carbocycles. The highest BCUT2D eigenvalue weighted by molar-refractivity contribution is 5.81. The molecule has 0 saturated heterocycles. The highest BCUT2D eigenvalue weighted by atomic mass is 19.1. The molecule has 0 fully saturated rings. The Kier molecular flexibility index (Phi) is 5.02. The number of urea groups is 1. The maximum absolute atomic E-state index is 14.4. The van der Waals surface area contributed by atoms with Crippen LogP contribution in [0, 0.1) is 5.82 Å². The number of rotatable bonds is 4. The van der Waals surface area contributed by atoms with Gasteiger partial charge in [-0.25, -0.2) is 9.18 Å². The number of hydrogen-bond donors (Lipinski definition) is 1. The van der Waals surface area contributed by atoms with Crippen LogP contribution < -0.4 is 5.32 Å². The van der Waals surface area contributed by atoms with Crippen LogP contribution in [0.15, 0.2) is 42.6 Å². The van der Waals surface area contributed by atoms with Gasteiger partial charge in [-0.1, -0.05) is 18.2 Å². The van der Waals surface area contributed by atoms with E-state index in [1.807, 2.05) is 22.9 Å². The fourth-order valence-electron chi connectivity index (χ4n) is 3.09. The van der Waals surface area contributed by atoms with Crippen molar-refractivity contribution in [3.63, 3.8) is 0 Å². The predicted molar refractivity (Wildman–Crippen MR) is 89.4 cm³/mol. The van der Waals surface area contributed by atoms with Crippen LogP contribution in [0.5, 0.6) is 0 Å². The van der Waals surface area contributed by atoms with Crippen LogP contribution >= 0.6 is 0 Å². The first kappa shape index (κ1) is 17.0. The van der Waals surface area contributed by atoms with Crippen LogP contribution in [-0.2, 0) is 16.1 Å². The summed E-state index contributed by atoms with van der Waals surface area (Å²) in [5.41, 5.74) is 1.26.